The number of methoxy groups -OCH3 is 2. The summed E-state index contributed by atoms with van der Waals surface area (Å²) in [5.74, 6) is 2.87. The van der Waals surface area contributed by atoms with Gasteiger partial charge in [-0.2, -0.15) is 0 Å². The molecular formula is C15H19NO3. The van der Waals surface area contributed by atoms with Gasteiger partial charge in [0.2, 0.25) is 0 Å². The largest absolute Gasteiger partial charge is 0.497 e. The molecule has 0 fully saturated rings. The predicted molar refractivity (Wildman–Crippen MR) is 73.8 cm³/mol. The van der Waals surface area contributed by atoms with E-state index in [0.717, 1.165) is 11.3 Å². The first kappa shape index (κ1) is 15.1. The van der Waals surface area contributed by atoms with Crippen LogP contribution in [0.4, 0.5) is 0 Å². The van der Waals surface area contributed by atoms with Crippen LogP contribution in [-0.4, -0.2) is 26.7 Å². The van der Waals surface area contributed by atoms with Crippen LogP contribution in [0.2, 0.25) is 0 Å². The molecule has 0 spiro atoms. The molecule has 0 aromatic heterocycles. The Morgan fingerprint density at radius 2 is 2.00 bits per heavy atom. The third kappa shape index (κ3) is 3.07. The second-order valence-electron chi connectivity index (χ2n) is 4.04. The SMILES string of the molecule is C#CCNC(CC)(C(=O)OC)c1ccc(OC)cc1. The maximum atomic E-state index is 12.1. The van der Waals surface area contributed by atoms with Crippen molar-refractivity contribution in [3.63, 3.8) is 0 Å². The summed E-state index contributed by atoms with van der Waals surface area (Å²) in [6.45, 7) is 2.19. The van der Waals surface area contributed by atoms with Crippen molar-refractivity contribution in [1.82, 2.24) is 5.32 Å². The standard InChI is InChI=1S/C15H19NO3/c1-5-11-16-15(6-2,14(17)19-4)12-7-9-13(18-3)10-8-12/h1,7-10,16H,6,11H2,2-4H3. The number of hydrogen-bond donors (Lipinski definition) is 1. The molecule has 102 valence electrons. The summed E-state index contributed by atoms with van der Waals surface area (Å²) in [4.78, 5) is 12.1. The van der Waals surface area contributed by atoms with Gasteiger partial charge in [0.05, 0.1) is 20.8 Å². The van der Waals surface area contributed by atoms with Gasteiger partial charge in [-0.3, -0.25) is 5.32 Å². The average Bonchev–Trinajstić information content (AvgIpc) is 2.48. The van der Waals surface area contributed by atoms with E-state index < -0.39 is 5.54 Å². The van der Waals surface area contributed by atoms with Crippen LogP contribution in [-0.2, 0) is 15.1 Å². The Bertz CT molecular complexity index is 461. The maximum absolute atomic E-state index is 12.1. The minimum absolute atomic E-state index is 0.287. The summed E-state index contributed by atoms with van der Waals surface area (Å²) in [6.07, 6.45) is 5.81. The Morgan fingerprint density at radius 1 is 1.37 bits per heavy atom. The third-order valence-electron chi connectivity index (χ3n) is 3.14. The molecule has 0 amide bonds. The van der Waals surface area contributed by atoms with Gasteiger partial charge in [-0.1, -0.05) is 25.0 Å². The summed E-state index contributed by atoms with van der Waals surface area (Å²) in [5.41, 5.74) is -0.120. The molecule has 4 heteroatoms. The number of benzene rings is 1. The van der Waals surface area contributed by atoms with Gasteiger partial charge in [-0.15, -0.1) is 6.42 Å². The molecule has 19 heavy (non-hydrogen) atoms. The number of nitrogens with one attached hydrogen (secondary N) is 1. The molecular weight excluding hydrogens is 242 g/mol. The Morgan fingerprint density at radius 3 is 2.42 bits per heavy atom. The number of esters is 1. The fourth-order valence-electron chi connectivity index (χ4n) is 2.02. The van der Waals surface area contributed by atoms with Crippen molar-refractivity contribution in [1.29, 1.82) is 0 Å². The molecule has 1 unspecified atom stereocenters. The van der Waals surface area contributed by atoms with Crippen LogP contribution in [0.25, 0.3) is 0 Å². The number of carbonyl (C=O) groups is 1. The smallest absolute Gasteiger partial charge is 0.330 e. The molecule has 0 aliphatic rings. The Labute approximate surface area is 114 Å². The lowest BCUT2D eigenvalue weighted by Gasteiger charge is -2.31. The minimum atomic E-state index is -0.923. The molecule has 1 aromatic carbocycles. The highest BCUT2D eigenvalue weighted by Crippen LogP contribution is 2.28. The lowest BCUT2D eigenvalue weighted by atomic mass is 9.87. The molecule has 1 aromatic rings. The van der Waals surface area contributed by atoms with Gasteiger partial charge >= 0.3 is 5.97 Å². The van der Waals surface area contributed by atoms with Crippen molar-refractivity contribution in [3.05, 3.63) is 29.8 Å². The highest BCUT2D eigenvalue weighted by atomic mass is 16.5. The lowest BCUT2D eigenvalue weighted by Crippen LogP contribution is -2.49. The van der Waals surface area contributed by atoms with E-state index >= 15 is 0 Å². The maximum Gasteiger partial charge on any atom is 0.330 e. The summed E-state index contributed by atoms with van der Waals surface area (Å²) in [6, 6.07) is 7.28. The van der Waals surface area contributed by atoms with Gasteiger partial charge in [0.15, 0.2) is 0 Å². The number of rotatable bonds is 6. The van der Waals surface area contributed by atoms with E-state index in [1.54, 1.807) is 19.2 Å². The molecule has 1 atom stereocenters. The molecule has 0 bridgehead atoms. The highest BCUT2D eigenvalue weighted by molar-refractivity contribution is 5.82. The fraction of sp³-hybridized carbons (Fsp3) is 0.400. The van der Waals surface area contributed by atoms with Crippen molar-refractivity contribution in [2.45, 2.75) is 18.9 Å². The number of carbonyl (C=O) groups excluding carboxylic acids is 1. The normalized spacial score (nSPS) is 13.2. The van der Waals surface area contributed by atoms with Crippen LogP contribution in [0.15, 0.2) is 24.3 Å². The van der Waals surface area contributed by atoms with E-state index in [9.17, 15) is 4.79 Å². The molecule has 4 nitrogen and oxygen atoms in total. The molecule has 0 radical (unpaired) electrons. The lowest BCUT2D eigenvalue weighted by molar-refractivity contribution is -0.149. The fourth-order valence-corrected chi connectivity index (χ4v) is 2.02. The average molecular weight is 261 g/mol. The van der Waals surface area contributed by atoms with Crippen molar-refractivity contribution in [2.75, 3.05) is 20.8 Å². The van der Waals surface area contributed by atoms with Crippen molar-refractivity contribution in [3.8, 4) is 18.1 Å². The van der Waals surface area contributed by atoms with E-state index in [2.05, 4.69) is 11.2 Å². The molecule has 0 saturated heterocycles. The zero-order valence-corrected chi connectivity index (χ0v) is 11.5. The Kier molecular flexibility index (Phi) is 5.40. The molecule has 1 N–H and O–H groups in total. The number of hydrogen-bond acceptors (Lipinski definition) is 4. The van der Waals surface area contributed by atoms with Crippen LogP contribution in [0.1, 0.15) is 18.9 Å². The van der Waals surface area contributed by atoms with Gasteiger partial charge in [0.1, 0.15) is 11.3 Å². The van der Waals surface area contributed by atoms with E-state index in [1.165, 1.54) is 7.11 Å². The van der Waals surface area contributed by atoms with Crippen LogP contribution < -0.4 is 10.1 Å². The Hall–Kier alpha value is -1.99. The van der Waals surface area contributed by atoms with E-state index in [1.807, 2.05) is 19.1 Å². The summed E-state index contributed by atoms with van der Waals surface area (Å²) in [5, 5.41) is 3.09. The number of terminal acetylenes is 1. The van der Waals surface area contributed by atoms with Crippen LogP contribution in [0.5, 0.6) is 5.75 Å². The van der Waals surface area contributed by atoms with Gasteiger partial charge < -0.3 is 9.47 Å². The first-order valence-electron chi connectivity index (χ1n) is 6.06. The highest BCUT2D eigenvalue weighted by Gasteiger charge is 2.39. The molecule has 0 saturated carbocycles. The first-order valence-corrected chi connectivity index (χ1v) is 6.06. The van der Waals surface area contributed by atoms with Crippen molar-refractivity contribution in [2.24, 2.45) is 0 Å². The van der Waals surface area contributed by atoms with E-state index in [-0.39, 0.29) is 12.5 Å². The zero-order chi connectivity index (χ0) is 14.3. The van der Waals surface area contributed by atoms with Crippen molar-refractivity contribution < 1.29 is 14.3 Å². The number of ether oxygens (including phenoxy) is 2. The second kappa shape index (κ2) is 6.81. The van der Waals surface area contributed by atoms with Gasteiger partial charge in [0, 0.05) is 0 Å². The monoisotopic (exact) mass is 261 g/mol. The predicted octanol–water partition coefficient (Wildman–Crippen LogP) is 1.70. The molecule has 0 aliphatic carbocycles. The van der Waals surface area contributed by atoms with E-state index in [4.69, 9.17) is 15.9 Å². The quantitative estimate of drug-likeness (QED) is 0.625. The summed E-state index contributed by atoms with van der Waals surface area (Å²) < 4.78 is 10.0. The van der Waals surface area contributed by atoms with Crippen molar-refractivity contribution >= 4 is 5.97 Å². The molecule has 0 aliphatic heterocycles. The van der Waals surface area contributed by atoms with Crippen LogP contribution >= 0.6 is 0 Å². The summed E-state index contributed by atoms with van der Waals surface area (Å²) in [7, 11) is 2.97. The van der Waals surface area contributed by atoms with Crippen LogP contribution in [0, 0.1) is 12.3 Å². The van der Waals surface area contributed by atoms with Gasteiger partial charge in [0.25, 0.3) is 0 Å². The Balaban J connectivity index is 3.19. The molecule has 1 rings (SSSR count). The first-order chi connectivity index (χ1) is 9.14. The van der Waals surface area contributed by atoms with Gasteiger partial charge in [-0.05, 0) is 24.1 Å². The van der Waals surface area contributed by atoms with E-state index in [0.29, 0.717) is 6.42 Å². The molecule has 0 heterocycles. The third-order valence-corrected chi connectivity index (χ3v) is 3.14. The minimum Gasteiger partial charge on any atom is -0.497 e. The topological polar surface area (TPSA) is 47.6 Å². The zero-order valence-electron chi connectivity index (χ0n) is 11.5. The van der Waals surface area contributed by atoms with Gasteiger partial charge in [-0.25, -0.2) is 4.79 Å². The summed E-state index contributed by atoms with van der Waals surface area (Å²) >= 11 is 0. The van der Waals surface area contributed by atoms with Crippen LogP contribution in [0.3, 0.4) is 0 Å². The second-order valence-corrected chi connectivity index (χ2v) is 4.04.